The van der Waals surface area contributed by atoms with Crippen LogP contribution < -0.4 is 0 Å². The zero-order valence-electron chi connectivity index (χ0n) is 11.9. The van der Waals surface area contributed by atoms with Crippen LogP contribution in [-0.4, -0.2) is 5.11 Å². The van der Waals surface area contributed by atoms with E-state index in [1.807, 2.05) is 6.92 Å². The SMILES string of the molecule is C/C=C/CCC1CCC(c2ccc(O)c(F)c2F)CC1. The Kier molecular flexibility index (Phi) is 5.16. The zero-order chi connectivity index (χ0) is 14.5. The van der Waals surface area contributed by atoms with Crippen molar-refractivity contribution in [2.45, 2.75) is 51.4 Å². The van der Waals surface area contributed by atoms with Gasteiger partial charge in [-0.1, -0.05) is 18.2 Å². The van der Waals surface area contributed by atoms with Crippen molar-refractivity contribution in [1.29, 1.82) is 0 Å². The summed E-state index contributed by atoms with van der Waals surface area (Å²) in [5, 5.41) is 9.16. The summed E-state index contributed by atoms with van der Waals surface area (Å²) in [4.78, 5) is 0. The van der Waals surface area contributed by atoms with E-state index in [0.717, 1.165) is 32.1 Å². The monoisotopic (exact) mass is 280 g/mol. The summed E-state index contributed by atoms with van der Waals surface area (Å²) in [5.74, 6) is -1.80. The number of halogens is 2. The lowest BCUT2D eigenvalue weighted by molar-refractivity contribution is 0.305. The fourth-order valence-electron chi connectivity index (χ4n) is 3.13. The molecule has 0 saturated heterocycles. The molecule has 0 unspecified atom stereocenters. The second-order valence-corrected chi connectivity index (χ2v) is 5.67. The van der Waals surface area contributed by atoms with Gasteiger partial charge in [-0.15, -0.1) is 0 Å². The van der Waals surface area contributed by atoms with Gasteiger partial charge in [-0.3, -0.25) is 0 Å². The third-order valence-corrected chi connectivity index (χ3v) is 4.36. The number of hydrogen-bond acceptors (Lipinski definition) is 1. The van der Waals surface area contributed by atoms with E-state index >= 15 is 0 Å². The molecule has 1 fully saturated rings. The molecule has 1 aliphatic rings. The summed E-state index contributed by atoms with van der Waals surface area (Å²) < 4.78 is 27.2. The highest BCUT2D eigenvalue weighted by Crippen LogP contribution is 2.39. The molecule has 0 spiro atoms. The molecule has 0 radical (unpaired) electrons. The van der Waals surface area contributed by atoms with E-state index in [-0.39, 0.29) is 5.92 Å². The second-order valence-electron chi connectivity index (χ2n) is 5.67. The van der Waals surface area contributed by atoms with Crippen LogP contribution in [0.2, 0.25) is 0 Å². The highest BCUT2D eigenvalue weighted by molar-refractivity contribution is 5.32. The first-order valence-electron chi connectivity index (χ1n) is 7.41. The lowest BCUT2D eigenvalue weighted by atomic mass is 9.77. The summed E-state index contributed by atoms with van der Waals surface area (Å²) in [5.41, 5.74) is 0.423. The van der Waals surface area contributed by atoms with Crippen LogP contribution in [-0.2, 0) is 0 Å². The molecule has 1 saturated carbocycles. The molecule has 0 atom stereocenters. The Labute approximate surface area is 119 Å². The first-order valence-corrected chi connectivity index (χ1v) is 7.41. The molecule has 1 N–H and O–H groups in total. The van der Waals surface area contributed by atoms with Gasteiger partial charge in [0.15, 0.2) is 11.6 Å². The fraction of sp³-hybridized carbons (Fsp3) is 0.529. The number of phenols is 1. The van der Waals surface area contributed by atoms with E-state index in [9.17, 15) is 8.78 Å². The number of benzene rings is 1. The molecule has 1 aromatic rings. The lowest BCUT2D eigenvalue weighted by Gasteiger charge is -2.29. The van der Waals surface area contributed by atoms with Crippen LogP contribution in [0.4, 0.5) is 8.78 Å². The Morgan fingerprint density at radius 2 is 1.85 bits per heavy atom. The minimum atomic E-state index is -1.11. The predicted octanol–water partition coefficient (Wildman–Crippen LogP) is 5.30. The van der Waals surface area contributed by atoms with Crippen LogP contribution in [0.15, 0.2) is 24.3 Å². The molecular weight excluding hydrogens is 258 g/mol. The Bertz CT molecular complexity index is 474. The van der Waals surface area contributed by atoms with E-state index < -0.39 is 17.4 Å². The number of phenolic OH excluding ortho intramolecular Hbond substituents is 1. The number of allylic oxidation sites excluding steroid dienone is 2. The van der Waals surface area contributed by atoms with Gasteiger partial charge in [0.25, 0.3) is 0 Å². The first-order chi connectivity index (χ1) is 9.63. The molecule has 1 aromatic carbocycles. The van der Waals surface area contributed by atoms with Gasteiger partial charge in [-0.2, -0.15) is 4.39 Å². The van der Waals surface area contributed by atoms with Crippen molar-refractivity contribution >= 4 is 0 Å². The first kappa shape index (κ1) is 15.0. The van der Waals surface area contributed by atoms with Gasteiger partial charge in [0.2, 0.25) is 5.82 Å². The van der Waals surface area contributed by atoms with Gasteiger partial charge < -0.3 is 5.11 Å². The van der Waals surface area contributed by atoms with Crippen molar-refractivity contribution in [2.24, 2.45) is 5.92 Å². The van der Waals surface area contributed by atoms with E-state index in [0.29, 0.717) is 11.5 Å². The molecular formula is C17H22F2O. The smallest absolute Gasteiger partial charge is 0.200 e. The normalized spacial score (nSPS) is 23.4. The molecule has 0 aliphatic heterocycles. The minimum absolute atomic E-state index is 0.0862. The van der Waals surface area contributed by atoms with E-state index in [2.05, 4.69) is 12.2 Å². The van der Waals surface area contributed by atoms with Gasteiger partial charge >= 0.3 is 0 Å². The summed E-state index contributed by atoms with van der Waals surface area (Å²) in [6, 6.07) is 2.78. The molecule has 110 valence electrons. The quantitative estimate of drug-likeness (QED) is 0.742. The van der Waals surface area contributed by atoms with Gasteiger partial charge in [0.1, 0.15) is 0 Å². The topological polar surface area (TPSA) is 20.2 Å². The Hall–Kier alpha value is -1.38. The summed E-state index contributed by atoms with van der Waals surface area (Å²) in [6.45, 7) is 2.03. The van der Waals surface area contributed by atoms with Crippen molar-refractivity contribution in [1.82, 2.24) is 0 Å². The van der Waals surface area contributed by atoms with Crippen LogP contribution in [0.25, 0.3) is 0 Å². The summed E-state index contributed by atoms with van der Waals surface area (Å²) in [6.07, 6.45) is 10.5. The number of hydrogen-bond donors (Lipinski definition) is 1. The van der Waals surface area contributed by atoms with Crippen molar-refractivity contribution in [3.8, 4) is 5.75 Å². The van der Waals surface area contributed by atoms with Gasteiger partial charge in [0, 0.05) is 0 Å². The van der Waals surface area contributed by atoms with Crippen LogP contribution in [0.3, 0.4) is 0 Å². The molecule has 0 heterocycles. The average Bonchev–Trinajstić information content (AvgIpc) is 2.46. The lowest BCUT2D eigenvalue weighted by Crippen LogP contribution is -2.14. The maximum Gasteiger partial charge on any atom is 0.200 e. The molecule has 2 rings (SSSR count). The van der Waals surface area contributed by atoms with Crippen LogP contribution in [0.1, 0.15) is 56.9 Å². The largest absolute Gasteiger partial charge is 0.505 e. The van der Waals surface area contributed by atoms with Crippen LogP contribution >= 0.6 is 0 Å². The third kappa shape index (κ3) is 3.38. The highest BCUT2D eigenvalue weighted by Gasteiger charge is 2.25. The van der Waals surface area contributed by atoms with Gasteiger partial charge in [-0.25, -0.2) is 4.39 Å². The van der Waals surface area contributed by atoms with E-state index in [1.165, 1.54) is 18.6 Å². The maximum atomic E-state index is 13.8. The molecule has 1 aliphatic carbocycles. The predicted molar refractivity (Wildman–Crippen MR) is 76.8 cm³/mol. The highest BCUT2D eigenvalue weighted by atomic mass is 19.2. The van der Waals surface area contributed by atoms with Gasteiger partial charge in [0.05, 0.1) is 0 Å². The van der Waals surface area contributed by atoms with E-state index in [4.69, 9.17) is 5.11 Å². The van der Waals surface area contributed by atoms with Crippen LogP contribution in [0, 0.1) is 17.6 Å². The molecule has 0 aromatic heterocycles. The van der Waals surface area contributed by atoms with Crippen molar-refractivity contribution in [2.75, 3.05) is 0 Å². The van der Waals surface area contributed by atoms with Crippen LogP contribution in [0.5, 0.6) is 5.75 Å². The Morgan fingerprint density at radius 3 is 2.50 bits per heavy atom. The summed E-state index contributed by atoms with van der Waals surface area (Å²) in [7, 11) is 0. The standard InChI is InChI=1S/C17H22F2O/c1-2-3-4-5-12-6-8-13(9-7-12)14-10-11-15(20)17(19)16(14)18/h2-3,10-13,20H,4-9H2,1H3/b3-2+. The average molecular weight is 280 g/mol. The van der Waals surface area contributed by atoms with E-state index in [1.54, 1.807) is 0 Å². The Balaban J connectivity index is 1.95. The molecule has 20 heavy (non-hydrogen) atoms. The molecule has 3 heteroatoms. The molecule has 0 amide bonds. The number of rotatable bonds is 4. The third-order valence-electron chi connectivity index (χ3n) is 4.36. The summed E-state index contributed by atoms with van der Waals surface area (Å²) >= 11 is 0. The second kappa shape index (κ2) is 6.87. The maximum absolute atomic E-state index is 13.8. The Morgan fingerprint density at radius 1 is 1.15 bits per heavy atom. The van der Waals surface area contributed by atoms with Gasteiger partial charge in [-0.05, 0) is 68.9 Å². The molecule has 1 nitrogen and oxygen atoms in total. The van der Waals surface area contributed by atoms with Crippen molar-refractivity contribution in [3.63, 3.8) is 0 Å². The number of aromatic hydroxyl groups is 1. The zero-order valence-corrected chi connectivity index (χ0v) is 11.9. The minimum Gasteiger partial charge on any atom is -0.505 e. The molecule has 0 bridgehead atoms. The van der Waals surface area contributed by atoms with Crippen molar-refractivity contribution < 1.29 is 13.9 Å². The van der Waals surface area contributed by atoms with Crippen molar-refractivity contribution in [3.05, 3.63) is 41.5 Å². The fourth-order valence-corrected chi connectivity index (χ4v) is 3.13.